The molecule has 2 N–H and O–H groups in total. The summed E-state index contributed by atoms with van der Waals surface area (Å²) >= 11 is 18.3. The van der Waals surface area contributed by atoms with Gasteiger partial charge in [-0.2, -0.15) is 0 Å². The molecule has 0 aliphatic carbocycles. The third-order valence-corrected chi connectivity index (χ3v) is 5.32. The standard InChI is InChI=1S/C23H20Cl3N5O2/c1-27-21(31(2)3)13-4-7-16(18(26)10-13)22(32)29-19-8-5-14(24)11-17(19)23(33)30-20-9-6-15(25)12-28-20/h4-12H,1-3H3,(H,29,32)(H,28,30,33)/b27-21+. The van der Waals surface area contributed by atoms with Crippen LogP contribution in [-0.4, -0.2) is 48.7 Å². The third-order valence-electron chi connectivity index (χ3n) is 4.55. The summed E-state index contributed by atoms with van der Waals surface area (Å²) in [7, 11) is 5.41. The Bertz CT molecular complexity index is 1230. The topological polar surface area (TPSA) is 86.7 Å². The molecule has 33 heavy (non-hydrogen) atoms. The number of nitrogens with zero attached hydrogens (tertiary/aromatic N) is 3. The fraction of sp³-hybridized carbons (Fsp3) is 0.130. The molecule has 0 saturated heterocycles. The zero-order chi connectivity index (χ0) is 24.1. The first-order valence-corrected chi connectivity index (χ1v) is 10.8. The molecule has 0 unspecified atom stereocenters. The summed E-state index contributed by atoms with van der Waals surface area (Å²) in [5, 5.41) is 6.40. The molecule has 3 rings (SSSR count). The maximum atomic E-state index is 12.9. The summed E-state index contributed by atoms with van der Waals surface area (Å²) < 4.78 is 0. The van der Waals surface area contributed by atoms with Crippen molar-refractivity contribution in [1.29, 1.82) is 0 Å². The minimum Gasteiger partial charge on any atom is -0.363 e. The van der Waals surface area contributed by atoms with Crippen LogP contribution < -0.4 is 10.6 Å². The summed E-state index contributed by atoms with van der Waals surface area (Å²) in [6, 6.07) is 12.8. The zero-order valence-corrected chi connectivity index (χ0v) is 20.3. The van der Waals surface area contributed by atoms with E-state index in [-0.39, 0.29) is 21.8 Å². The van der Waals surface area contributed by atoms with Crippen LogP contribution >= 0.6 is 34.8 Å². The van der Waals surface area contributed by atoms with E-state index in [2.05, 4.69) is 20.6 Å². The number of benzene rings is 2. The van der Waals surface area contributed by atoms with Crippen molar-refractivity contribution in [1.82, 2.24) is 9.88 Å². The highest BCUT2D eigenvalue weighted by atomic mass is 35.5. The van der Waals surface area contributed by atoms with E-state index in [4.69, 9.17) is 34.8 Å². The number of rotatable bonds is 5. The second kappa shape index (κ2) is 10.7. The fourth-order valence-electron chi connectivity index (χ4n) is 3.06. The molecule has 0 atom stereocenters. The number of carbonyl (C=O) groups excluding carboxylic acids is 2. The number of aromatic nitrogens is 1. The predicted molar refractivity (Wildman–Crippen MR) is 134 cm³/mol. The quantitative estimate of drug-likeness (QED) is 0.356. The Kier molecular flexibility index (Phi) is 7.92. The van der Waals surface area contributed by atoms with Crippen LogP contribution in [0, 0.1) is 0 Å². The number of anilines is 2. The molecule has 0 radical (unpaired) electrons. The van der Waals surface area contributed by atoms with Gasteiger partial charge in [-0.05, 0) is 42.5 Å². The first kappa shape index (κ1) is 24.5. The minimum atomic E-state index is -0.501. The number of carbonyl (C=O) groups is 2. The van der Waals surface area contributed by atoms with Crippen LogP contribution in [0.2, 0.25) is 15.1 Å². The average Bonchev–Trinajstić information content (AvgIpc) is 2.76. The van der Waals surface area contributed by atoms with Crippen LogP contribution in [0.15, 0.2) is 59.7 Å². The van der Waals surface area contributed by atoms with Gasteiger partial charge in [0.05, 0.1) is 26.9 Å². The van der Waals surface area contributed by atoms with Gasteiger partial charge in [-0.25, -0.2) is 4.98 Å². The Morgan fingerprint density at radius 3 is 2.18 bits per heavy atom. The molecule has 2 amide bonds. The van der Waals surface area contributed by atoms with Gasteiger partial charge in [-0.1, -0.05) is 40.9 Å². The van der Waals surface area contributed by atoms with Gasteiger partial charge in [0.25, 0.3) is 11.8 Å². The largest absolute Gasteiger partial charge is 0.363 e. The van der Waals surface area contributed by atoms with Gasteiger partial charge < -0.3 is 15.5 Å². The van der Waals surface area contributed by atoms with E-state index in [1.807, 2.05) is 19.0 Å². The van der Waals surface area contributed by atoms with Crippen molar-refractivity contribution in [2.75, 3.05) is 31.8 Å². The lowest BCUT2D eigenvalue weighted by atomic mass is 10.1. The van der Waals surface area contributed by atoms with Crippen molar-refractivity contribution in [2.45, 2.75) is 0 Å². The fourth-order valence-corrected chi connectivity index (χ4v) is 3.61. The summed E-state index contributed by atoms with van der Waals surface area (Å²) in [6.07, 6.45) is 1.41. The predicted octanol–water partition coefficient (Wildman–Crippen LogP) is 5.48. The van der Waals surface area contributed by atoms with Crippen LogP contribution in [0.1, 0.15) is 26.3 Å². The van der Waals surface area contributed by atoms with E-state index in [1.165, 1.54) is 12.3 Å². The number of aliphatic imine (C=N–C) groups is 1. The zero-order valence-electron chi connectivity index (χ0n) is 18.0. The molecule has 2 aromatic carbocycles. The van der Waals surface area contributed by atoms with Gasteiger partial charge in [-0.15, -0.1) is 0 Å². The molecule has 0 spiro atoms. The molecular weight excluding hydrogens is 485 g/mol. The SMILES string of the molecule is C/N=C(\c1ccc(C(=O)Nc2ccc(Cl)cc2C(=O)Nc2ccc(Cl)cn2)c(Cl)c1)N(C)C. The first-order valence-electron chi connectivity index (χ1n) is 9.67. The summed E-state index contributed by atoms with van der Waals surface area (Å²) in [5.41, 5.74) is 1.44. The second-order valence-corrected chi connectivity index (χ2v) is 8.38. The molecule has 7 nitrogen and oxygen atoms in total. The third kappa shape index (κ3) is 6.01. The molecule has 0 aliphatic heterocycles. The smallest absolute Gasteiger partial charge is 0.258 e. The lowest BCUT2D eigenvalue weighted by Gasteiger charge is -2.16. The number of halogens is 3. The molecule has 0 bridgehead atoms. The summed E-state index contributed by atoms with van der Waals surface area (Å²) in [6.45, 7) is 0. The van der Waals surface area contributed by atoms with E-state index in [1.54, 1.807) is 49.5 Å². The van der Waals surface area contributed by atoms with Crippen LogP contribution in [0.3, 0.4) is 0 Å². The molecule has 0 aliphatic rings. The highest BCUT2D eigenvalue weighted by Gasteiger charge is 2.18. The number of amides is 2. The maximum Gasteiger partial charge on any atom is 0.258 e. The van der Waals surface area contributed by atoms with Crippen molar-refractivity contribution >= 4 is 64.0 Å². The lowest BCUT2D eigenvalue weighted by molar-refractivity contribution is 0.102. The van der Waals surface area contributed by atoms with Gasteiger partial charge in [-0.3, -0.25) is 14.6 Å². The molecule has 10 heteroatoms. The number of hydrogen-bond donors (Lipinski definition) is 2. The number of hydrogen-bond acceptors (Lipinski definition) is 4. The molecule has 3 aromatic rings. The Balaban J connectivity index is 1.85. The molecule has 0 saturated carbocycles. The van der Waals surface area contributed by atoms with E-state index in [0.717, 1.165) is 11.4 Å². The monoisotopic (exact) mass is 503 g/mol. The lowest BCUT2D eigenvalue weighted by Crippen LogP contribution is -2.23. The van der Waals surface area contributed by atoms with Crippen LogP contribution in [0.4, 0.5) is 11.5 Å². The van der Waals surface area contributed by atoms with Crippen molar-refractivity contribution in [3.63, 3.8) is 0 Å². The summed E-state index contributed by atoms with van der Waals surface area (Å²) in [4.78, 5) is 35.9. The Labute approximate surface area is 206 Å². The van der Waals surface area contributed by atoms with E-state index in [9.17, 15) is 9.59 Å². The van der Waals surface area contributed by atoms with Gasteiger partial charge in [0.15, 0.2) is 0 Å². The first-order chi connectivity index (χ1) is 15.7. The minimum absolute atomic E-state index is 0.161. The van der Waals surface area contributed by atoms with Crippen molar-refractivity contribution in [3.05, 3.63) is 86.5 Å². The number of nitrogens with one attached hydrogen (secondary N) is 2. The Hall–Kier alpha value is -3.13. The average molecular weight is 505 g/mol. The molecule has 0 fully saturated rings. The van der Waals surface area contributed by atoms with Crippen LogP contribution in [0.25, 0.3) is 0 Å². The molecule has 1 heterocycles. The van der Waals surface area contributed by atoms with Crippen molar-refractivity contribution in [3.8, 4) is 0 Å². The van der Waals surface area contributed by atoms with Crippen molar-refractivity contribution < 1.29 is 9.59 Å². The van der Waals surface area contributed by atoms with E-state index < -0.39 is 11.8 Å². The van der Waals surface area contributed by atoms with Gasteiger partial charge in [0.2, 0.25) is 0 Å². The molecular formula is C23H20Cl3N5O2. The Morgan fingerprint density at radius 2 is 1.58 bits per heavy atom. The molecule has 1 aromatic heterocycles. The maximum absolute atomic E-state index is 12.9. The van der Waals surface area contributed by atoms with Gasteiger partial charge in [0, 0.05) is 37.9 Å². The van der Waals surface area contributed by atoms with E-state index >= 15 is 0 Å². The number of pyridine rings is 1. The van der Waals surface area contributed by atoms with Gasteiger partial charge >= 0.3 is 0 Å². The van der Waals surface area contributed by atoms with Crippen LogP contribution in [0.5, 0.6) is 0 Å². The number of amidine groups is 1. The normalized spacial score (nSPS) is 11.2. The Morgan fingerprint density at radius 1 is 0.879 bits per heavy atom. The van der Waals surface area contributed by atoms with Crippen LogP contribution in [-0.2, 0) is 0 Å². The summed E-state index contributed by atoms with van der Waals surface area (Å²) in [5.74, 6) is 0.0390. The van der Waals surface area contributed by atoms with Crippen molar-refractivity contribution in [2.24, 2.45) is 4.99 Å². The second-order valence-electron chi connectivity index (χ2n) is 7.10. The highest BCUT2D eigenvalue weighted by Crippen LogP contribution is 2.25. The highest BCUT2D eigenvalue weighted by molar-refractivity contribution is 6.35. The van der Waals surface area contributed by atoms with E-state index in [0.29, 0.717) is 15.9 Å². The van der Waals surface area contributed by atoms with Gasteiger partial charge in [0.1, 0.15) is 11.7 Å². The molecule has 170 valence electrons.